The third-order valence-electron chi connectivity index (χ3n) is 4.92. The molecule has 0 unspecified atom stereocenters. The second-order valence-electron chi connectivity index (χ2n) is 6.01. The number of hydrogen-bond acceptors (Lipinski definition) is 3. The van der Waals surface area contributed by atoms with Gasteiger partial charge < -0.3 is 0 Å². The summed E-state index contributed by atoms with van der Waals surface area (Å²) in [6.45, 7) is 4.32. The summed E-state index contributed by atoms with van der Waals surface area (Å²) in [7, 11) is 0. The largest absolute Gasteiger partial charge is 0.292 e. The van der Waals surface area contributed by atoms with E-state index in [1.165, 1.54) is 37.0 Å². The van der Waals surface area contributed by atoms with Gasteiger partial charge in [0.2, 0.25) is 0 Å². The highest BCUT2D eigenvalue weighted by Gasteiger charge is 2.46. The van der Waals surface area contributed by atoms with Gasteiger partial charge >= 0.3 is 0 Å². The predicted octanol–water partition coefficient (Wildman–Crippen LogP) is 4.04. The maximum atomic E-state index is 13.1. The molecule has 0 N–H and O–H groups in total. The minimum atomic E-state index is -0.160. The Morgan fingerprint density at radius 3 is 2.42 bits per heavy atom. The van der Waals surface area contributed by atoms with Crippen LogP contribution >= 0.6 is 11.3 Å². The average molecular weight is 277 g/mol. The Morgan fingerprint density at radius 1 is 1.16 bits per heavy atom. The molecule has 1 aromatic rings. The smallest absolute Gasteiger partial charge is 0.184 e. The molecule has 1 aliphatic heterocycles. The summed E-state index contributed by atoms with van der Waals surface area (Å²) < 4.78 is 0. The van der Waals surface area contributed by atoms with Crippen molar-refractivity contribution in [3.8, 4) is 0 Å². The topological polar surface area (TPSA) is 20.3 Å². The summed E-state index contributed by atoms with van der Waals surface area (Å²) in [4.78, 5) is 16.8. The van der Waals surface area contributed by atoms with Crippen LogP contribution in [0.3, 0.4) is 0 Å². The summed E-state index contributed by atoms with van der Waals surface area (Å²) >= 11 is 1.70. The van der Waals surface area contributed by atoms with E-state index in [0.29, 0.717) is 5.78 Å². The molecule has 0 atom stereocenters. The van der Waals surface area contributed by atoms with Crippen molar-refractivity contribution in [2.75, 3.05) is 13.1 Å². The number of hydrogen-bond donors (Lipinski definition) is 0. The highest BCUT2D eigenvalue weighted by atomic mass is 32.1. The van der Waals surface area contributed by atoms with E-state index in [-0.39, 0.29) is 5.54 Å². The Balaban J connectivity index is 1.91. The molecule has 1 saturated heterocycles. The van der Waals surface area contributed by atoms with Gasteiger partial charge in [-0.25, -0.2) is 0 Å². The van der Waals surface area contributed by atoms with Crippen LogP contribution in [0.15, 0.2) is 11.4 Å². The van der Waals surface area contributed by atoms with Crippen LogP contribution in [0.2, 0.25) is 0 Å². The number of aryl methyl sites for hydroxylation is 1. The molecule has 2 aliphatic rings. The number of carbonyl (C=O) groups is 1. The van der Waals surface area contributed by atoms with Crippen LogP contribution in [0.25, 0.3) is 0 Å². The quantitative estimate of drug-likeness (QED) is 0.777. The molecule has 0 bridgehead atoms. The molecule has 0 spiro atoms. The maximum Gasteiger partial charge on any atom is 0.184 e. The zero-order valence-electron chi connectivity index (χ0n) is 11.8. The van der Waals surface area contributed by atoms with E-state index in [1.807, 2.05) is 6.07 Å². The molecule has 0 radical (unpaired) electrons. The fourth-order valence-electron chi connectivity index (χ4n) is 3.84. The van der Waals surface area contributed by atoms with Crippen LogP contribution in [0.1, 0.15) is 60.2 Å². The predicted molar refractivity (Wildman–Crippen MR) is 80.0 cm³/mol. The molecular weight excluding hydrogens is 254 g/mol. The van der Waals surface area contributed by atoms with Crippen molar-refractivity contribution in [3.63, 3.8) is 0 Å². The normalized spacial score (nSPS) is 23.6. The molecule has 1 saturated carbocycles. The van der Waals surface area contributed by atoms with Crippen molar-refractivity contribution in [2.24, 2.45) is 0 Å². The molecule has 3 heteroatoms. The molecule has 0 amide bonds. The number of thiophene rings is 1. The Morgan fingerprint density at radius 2 is 1.84 bits per heavy atom. The second-order valence-corrected chi connectivity index (χ2v) is 7.13. The molecule has 2 fully saturated rings. The first-order valence-electron chi connectivity index (χ1n) is 7.58. The zero-order chi connectivity index (χ0) is 13.3. The van der Waals surface area contributed by atoms with E-state index in [2.05, 4.69) is 17.2 Å². The first-order valence-corrected chi connectivity index (χ1v) is 8.46. The van der Waals surface area contributed by atoms with Gasteiger partial charge in [-0.1, -0.05) is 19.3 Å². The van der Waals surface area contributed by atoms with Gasteiger partial charge in [0.15, 0.2) is 5.78 Å². The molecular formula is C16H23NOS. The summed E-state index contributed by atoms with van der Waals surface area (Å²) in [6.07, 6.45) is 8.42. The van der Waals surface area contributed by atoms with Crippen molar-refractivity contribution >= 4 is 17.1 Å². The van der Waals surface area contributed by atoms with Crippen LogP contribution in [-0.4, -0.2) is 29.3 Å². The number of likely N-dealkylation sites (tertiary alicyclic amines) is 1. The first-order chi connectivity index (χ1) is 9.24. The van der Waals surface area contributed by atoms with E-state index in [0.717, 1.165) is 31.5 Å². The van der Waals surface area contributed by atoms with E-state index < -0.39 is 0 Å². The summed E-state index contributed by atoms with van der Waals surface area (Å²) in [5, 5.41) is 2.06. The number of nitrogens with zero attached hydrogens (tertiary/aromatic N) is 1. The van der Waals surface area contributed by atoms with Crippen molar-refractivity contribution < 1.29 is 4.79 Å². The van der Waals surface area contributed by atoms with Crippen molar-refractivity contribution in [1.82, 2.24) is 4.90 Å². The molecule has 19 heavy (non-hydrogen) atoms. The van der Waals surface area contributed by atoms with Gasteiger partial charge in [0.05, 0.1) is 5.54 Å². The minimum Gasteiger partial charge on any atom is -0.292 e. The van der Waals surface area contributed by atoms with Crippen molar-refractivity contribution in [2.45, 2.75) is 57.4 Å². The van der Waals surface area contributed by atoms with E-state index in [1.54, 1.807) is 11.3 Å². The Bertz CT molecular complexity index is 453. The number of ketones is 1. The van der Waals surface area contributed by atoms with Gasteiger partial charge in [0.25, 0.3) is 0 Å². The SMILES string of the molecule is Cc1sccc1C(=O)C1(N2CCCCC2)CCCC1. The first kappa shape index (κ1) is 13.3. The van der Waals surface area contributed by atoms with E-state index in [9.17, 15) is 4.79 Å². The van der Waals surface area contributed by atoms with Crippen LogP contribution in [0.4, 0.5) is 0 Å². The zero-order valence-corrected chi connectivity index (χ0v) is 12.6. The highest BCUT2D eigenvalue weighted by Crippen LogP contribution is 2.40. The molecule has 2 nitrogen and oxygen atoms in total. The summed E-state index contributed by atoms with van der Waals surface area (Å²) in [5.74, 6) is 0.408. The van der Waals surface area contributed by atoms with Crippen LogP contribution in [0, 0.1) is 6.92 Å². The molecule has 0 aromatic carbocycles. The molecule has 104 valence electrons. The highest BCUT2D eigenvalue weighted by molar-refractivity contribution is 7.10. The minimum absolute atomic E-state index is 0.160. The molecule has 3 rings (SSSR count). The lowest BCUT2D eigenvalue weighted by Gasteiger charge is -2.42. The third-order valence-corrected chi connectivity index (χ3v) is 5.76. The van der Waals surface area contributed by atoms with Crippen LogP contribution < -0.4 is 0 Å². The Kier molecular flexibility index (Phi) is 3.77. The standard InChI is InChI=1S/C16H23NOS/c1-13-14(7-12-19-13)15(18)16(8-3-4-9-16)17-10-5-2-6-11-17/h7,12H,2-6,8-11H2,1H3. The molecule has 1 aliphatic carbocycles. The van der Waals surface area contributed by atoms with Gasteiger partial charge in [-0.3, -0.25) is 9.69 Å². The van der Waals surface area contributed by atoms with Gasteiger partial charge in [-0.05, 0) is 57.1 Å². The third kappa shape index (κ3) is 2.27. The lowest BCUT2D eigenvalue weighted by Crippen LogP contribution is -2.54. The van der Waals surface area contributed by atoms with Gasteiger partial charge in [0.1, 0.15) is 0 Å². The number of carbonyl (C=O) groups excluding carboxylic acids is 1. The second kappa shape index (κ2) is 5.37. The monoisotopic (exact) mass is 277 g/mol. The van der Waals surface area contributed by atoms with E-state index >= 15 is 0 Å². The Labute approximate surface area is 119 Å². The number of rotatable bonds is 3. The number of piperidine rings is 1. The average Bonchev–Trinajstić information content (AvgIpc) is 3.08. The van der Waals surface area contributed by atoms with Gasteiger partial charge in [-0.15, -0.1) is 11.3 Å². The fourth-order valence-corrected chi connectivity index (χ4v) is 4.54. The molecule has 2 heterocycles. The van der Waals surface area contributed by atoms with Crippen LogP contribution in [0.5, 0.6) is 0 Å². The number of Topliss-reactive ketones (excluding diaryl/α,β-unsaturated/α-hetero) is 1. The summed E-state index contributed by atoms with van der Waals surface area (Å²) in [6, 6.07) is 2.03. The van der Waals surface area contributed by atoms with Gasteiger partial charge in [0, 0.05) is 10.4 Å². The lowest BCUT2D eigenvalue weighted by molar-refractivity contribution is 0.0477. The van der Waals surface area contributed by atoms with E-state index in [4.69, 9.17) is 0 Å². The van der Waals surface area contributed by atoms with Crippen LogP contribution in [-0.2, 0) is 0 Å². The maximum absolute atomic E-state index is 13.1. The van der Waals surface area contributed by atoms with Crippen molar-refractivity contribution in [3.05, 3.63) is 21.9 Å². The Hall–Kier alpha value is -0.670. The summed E-state index contributed by atoms with van der Waals surface area (Å²) in [5.41, 5.74) is 0.823. The molecule has 1 aromatic heterocycles. The lowest BCUT2D eigenvalue weighted by atomic mass is 9.84. The fraction of sp³-hybridized carbons (Fsp3) is 0.688. The van der Waals surface area contributed by atoms with Gasteiger partial charge in [-0.2, -0.15) is 0 Å². The van der Waals surface area contributed by atoms with Crippen molar-refractivity contribution in [1.29, 1.82) is 0 Å².